The summed E-state index contributed by atoms with van der Waals surface area (Å²) in [6.07, 6.45) is 2.17. The van der Waals surface area contributed by atoms with Crippen LogP contribution in [0.1, 0.15) is 43.4 Å². The minimum atomic E-state index is -0.579. The first-order chi connectivity index (χ1) is 13.4. The molecule has 4 nitrogen and oxygen atoms in total. The van der Waals surface area contributed by atoms with Gasteiger partial charge in [0.15, 0.2) is 0 Å². The number of hydrogen-bond acceptors (Lipinski definition) is 2. The fraction of sp³-hybridized carbons (Fsp3) is 0.391. The molecule has 150 valence electrons. The van der Waals surface area contributed by atoms with E-state index < -0.39 is 6.04 Å². The van der Waals surface area contributed by atoms with E-state index >= 15 is 0 Å². The standard InChI is InChI=1S/C23H29ClN2O2/c1-4-5-14-25-23(28)18(3)26(16-20-12-8-9-13-21(20)24)22(27)15-19-11-7-6-10-17(19)2/h6-13,18H,4-5,14-16H2,1-3H3,(H,25,28)/t18-/m1/s1. The van der Waals surface area contributed by atoms with Gasteiger partial charge in [0.2, 0.25) is 11.8 Å². The number of halogens is 1. The molecular weight excluding hydrogens is 372 g/mol. The maximum absolute atomic E-state index is 13.2. The molecule has 0 spiro atoms. The summed E-state index contributed by atoms with van der Waals surface area (Å²) in [6, 6.07) is 14.7. The van der Waals surface area contributed by atoms with E-state index in [1.54, 1.807) is 17.9 Å². The Kier molecular flexibility index (Phi) is 8.52. The van der Waals surface area contributed by atoms with E-state index in [9.17, 15) is 9.59 Å². The summed E-state index contributed by atoms with van der Waals surface area (Å²) in [6.45, 7) is 6.75. The Balaban J connectivity index is 2.22. The Morgan fingerprint density at radius 1 is 1.07 bits per heavy atom. The Labute approximate surface area is 172 Å². The number of unbranched alkanes of at least 4 members (excludes halogenated alkanes) is 1. The second kappa shape index (κ2) is 10.9. The van der Waals surface area contributed by atoms with Gasteiger partial charge in [-0.15, -0.1) is 0 Å². The Bertz CT molecular complexity index is 807. The van der Waals surface area contributed by atoms with Crippen molar-refractivity contribution in [2.45, 2.75) is 52.6 Å². The molecule has 0 saturated heterocycles. The first-order valence-electron chi connectivity index (χ1n) is 9.79. The molecule has 0 aliphatic heterocycles. The van der Waals surface area contributed by atoms with Gasteiger partial charge in [0.1, 0.15) is 6.04 Å². The molecule has 0 heterocycles. The zero-order valence-corrected chi connectivity index (χ0v) is 17.6. The second-order valence-corrected chi connectivity index (χ2v) is 7.44. The van der Waals surface area contributed by atoms with Gasteiger partial charge in [0.25, 0.3) is 0 Å². The average Bonchev–Trinajstić information content (AvgIpc) is 2.68. The molecule has 5 heteroatoms. The quantitative estimate of drug-likeness (QED) is 0.629. The average molecular weight is 401 g/mol. The van der Waals surface area contributed by atoms with Crippen LogP contribution in [-0.2, 0) is 22.6 Å². The lowest BCUT2D eigenvalue weighted by atomic mass is 10.0. The molecule has 0 aliphatic rings. The number of benzene rings is 2. The summed E-state index contributed by atoms with van der Waals surface area (Å²) in [7, 11) is 0. The largest absolute Gasteiger partial charge is 0.354 e. The third-order valence-electron chi connectivity index (χ3n) is 4.90. The number of carbonyl (C=O) groups is 2. The number of aryl methyl sites for hydroxylation is 1. The zero-order chi connectivity index (χ0) is 20.5. The van der Waals surface area contributed by atoms with Gasteiger partial charge in [-0.25, -0.2) is 0 Å². The molecule has 0 radical (unpaired) electrons. The molecule has 2 amide bonds. The number of carbonyl (C=O) groups excluding carboxylic acids is 2. The number of hydrogen-bond donors (Lipinski definition) is 1. The van der Waals surface area contributed by atoms with Crippen LogP contribution in [0.25, 0.3) is 0 Å². The second-order valence-electron chi connectivity index (χ2n) is 7.04. The molecule has 0 unspecified atom stereocenters. The number of amides is 2. The Morgan fingerprint density at radius 3 is 2.36 bits per heavy atom. The van der Waals surface area contributed by atoms with Crippen LogP contribution < -0.4 is 5.32 Å². The van der Waals surface area contributed by atoms with Crippen LogP contribution in [-0.4, -0.2) is 29.3 Å². The summed E-state index contributed by atoms with van der Waals surface area (Å²) in [5, 5.41) is 3.52. The van der Waals surface area contributed by atoms with E-state index in [-0.39, 0.29) is 18.2 Å². The van der Waals surface area contributed by atoms with E-state index in [2.05, 4.69) is 12.2 Å². The van der Waals surface area contributed by atoms with Crippen LogP contribution in [0.15, 0.2) is 48.5 Å². The predicted octanol–water partition coefficient (Wildman–Crippen LogP) is 4.52. The number of nitrogens with zero attached hydrogens (tertiary/aromatic N) is 1. The van der Waals surface area contributed by atoms with Crippen molar-refractivity contribution in [3.63, 3.8) is 0 Å². The highest BCUT2D eigenvalue weighted by Gasteiger charge is 2.26. The summed E-state index contributed by atoms with van der Waals surface area (Å²) >= 11 is 6.31. The molecular formula is C23H29ClN2O2. The van der Waals surface area contributed by atoms with E-state index in [1.807, 2.05) is 49.4 Å². The van der Waals surface area contributed by atoms with Gasteiger partial charge in [0, 0.05) is 18.1 Å². The topological polar surface area (TPSA) is 49.4 Å². The zero-order valence-electron chi connectivity index (χ0n) is 16.9. The maximum Gasteiger partial charge on any atom is 0.242 e. The molecule has 28 heavy (non-hydrogen) atoms. The normalized spacial score (nSPS) is 11.7. The van der Waals surface area contributed by atoms with E-state index in [1.165, 1.54) is 0 Å². The SMILES string of the molecule is CCCCNC(=O)[C@@H](C)N(Cc1ccccc1Cl)C(=O)Cc1ccccc1C. The Morgan fingerprint density at radius 2 is 1.71 bits per heavy atom. The fourth-order valence-electron chi connectivity index (χ4n) is 3.00. The van der Waals surface area contributed by atoms with Crippen LogP contribution in [0.2, 0.25) is 5.02 Å². The van der Waals surface area contributed by atoms with Gasteiger partial charge in [0.05, 0.1) is 6.42 Å². The van der Waals surface area contributed by atoms with Crippen LogP contribution in [0.3, 0.4) is 0 Å². The predicted molar refractivity (Wildman–Crippen MR) is 114 cm³/mol. The number of rotatable bonds is 9. The van der Waals surface area contributed by atoms with Gasteiger partial charge in [-0.05, 0) is 43.0 Å². The molecule has 0 fully saturated rings. The van der Waals surface area contributed by atoms with E-state index in [0.29, 0.717) is 18.1 Å². The lowest BCUT2D eigenvalue weighted by molar-refractivity contribution is -0.140. The summed E-state index contributed by atoms with van der Waals surface area (Å²) < 4.78 is 0. The molecule has 2 aromatic carbocycles. The van der Waals surface area contributed by atoms with E-state index in [4.69, 9.17) is 11.6 Å². The minimum absolute atomic E-state index is 0.0904. The van der Waals surface area contributed by atoms with Gasteiger partial charge in [-0.3, -0.25) is 9.59 Å². The first kappa shape index (κ1) is 22.0. The van der Waals surface area contributed by atoms with Gasteiger partial charge in [-0.1, -0.05) is 67.4 Å². The molecule has 0 aromatic heterocycles. The highest BCUT2D eigenvalue weighted by Crippen LogP contribution is 2.20. The molecule has 0 saturated carbocycles. The van der Waals surface area contributed by atoms with Crippen LogP contribution in [0.5, 0.6) is 0 Å². The third kappa shape index (κ3) is 6.10. The molecule has 0 bridgehead atoms. The van der Waals surface area contributed by atoms with Crippen molar-refractivity contribution in [2.75, 3.05) is 6.54 Å². The highest BCUT2D eigenvalue weighted by atomic mass is 35.5. The van der Waals surface area contributed by atoms with Crippen molar-refractivity contribution in [2.24, 2.45) is 0 Å². The van der Waals surface area contributed by atoms with Crippen LogP contribution in [0, 0.1) is 6.92 Å². The monoisotopic (exact) mass is 400 g/mol. The third-order valence-corrected chi connectivity index (χ3v) is 5.27. The molecule has 2 aromatic rings. The molecule has 2 rings (SSSR count). The van der Waals surface area contributed by atoms with Crippen molar-refractivity contribution in [1.82, 2.24) is 10.2 Å². The highest BCUT2D eigenvalue weighted by molar-refractivity contribution is 6.31. The number of nitrogens with one attached hydrogen (secondary N) is 1. The molecule has 0 aliphatic carbocycles. The van der Waals surface area contributed by atoms with Crippen molar-refractivity contribution < 1.29 is 9.59 Å². The fourth-order valence-corrected chi connectivity index (χ4v) is 3.20. The molecule has 1 N–H and O–H groups in total. The van der Waals surface area contributed by atoms with Crippen LogP contribution in [0.4, 0.5) is 0 Å². The van der Waals surface area contributed by atoms with E-state index in [0.717, 1.165) is 29.5 Å². The van der Waals surface area contributed by atoms with Gasteiger partial charge in [-0.2, -0.15) is 0 Å². The van der Waals surface area contributed by atoms with Crippen molar-refractivity contribution in [3.05, 3.63) is 70.2 Å². The van der Waals surface area contributed by atoms with Crippen molar-refractivity contribution >= 4 is 23.4 Å². The lowest BCUT2D eigenvalue weighted by Gasteiger charge is -2.29. The summed E-state index contributed by atoms with van der Waals surface area (Å²) in [5.74, 6) is -0.231. The molecule has 1 atom stereocenters. The van der Waals surface area contributed by atoms with Crippen molar-refractivity contribution in [1.29, 1.82) is 0 Å². The Hall–Kier alpha value is -2.33. The first-order valence-corrected chi connectivity index (χ1v) is 10.2. The smallest absolute Gasteiger partial charge is 0.242 e. The summed E-state index contributed by atoms with van der Waals surface area (Å²) in [5.41, 5.74) is 2.86. The summed E-state index contributed by atoms with van der Waals surface area (Å²) in [4.78, 5) is 27.4. The maximum atomic E-state index is 13.2. The lowest BCUT2D eigenvalue weighted by Crippen LogP contribution is -2.48. The van der Waals surface area contributed by atoms with Gasteiger partial charge >= 0.3 is 0 Å². The van der Waals surface area contributed by atoms with Gasteiger partial charge < -0.3 is 10.2 Å². The minimum Gasteiger partial charge on any atom is -0.354 e. The van der Waals surface area contributed by atoms with Crippen LogP contribution >= 0.6 is 11.6 Å². The van der Waals surface area contributed by atoms with Crippen molar-refractivity contribution in [3.8, 4) is 0 Å².